The summed E-state index contributed by atoms with van der Waals surface area (Å²) in [6.45, 7) is 4.75. The minimum Gasteiger partial charge on any atom is -0.375 e. The van der Waals surface area contributed by atoms with Gasteiger partial charge in [-0.05, 0) is 42.4 Å². The third-order valence-electron chi connectivity index (χ3n) is 4.93. The predicted molar refractivity (Wildman–Crippen MR) is 94.3 cm³/mol. The zero-order chi connectivity index (χ0) is 17.4. The fourth-order valence-corrected chi connectivity index (χ4v) is 4.02. The van der Waals surface area contributed by atoms with Crippen molar-refractivity contribution in [3.63, 3.8) is 0 Å². The van der Waals surface area contributed by atoms with E-state index >= 15 is 0 Å². The van der Waals surface area contributed by atoms with Crippen molar-refractivity contribution in [1.29, 1.82) is 0 Å². The Morgan fingerprint density at radius 3 is 2.58 bits per heavy atom. The fraction of sp³-hybridized carbons (Fsp3) is 0.444. The van der Waals surface area contributed by atoms with Gasteiger partial charge in [-0.3, -0.25) is 4.79 Å². The molecule has 2 aromatic rings. The maximum atomic E-state index is 13.2. The molecule has 0 saturated heterocycles. The maximum absolute atomic E-state index is 13.2. The van der Waals surface area contributed by atoms with Gasteiger partial charge in [0.25, 0.3) is 0 Å². The zero-order valence-corrected chi connectivity index (χ0v) is 14.8. The van der Waals surface area contributed by atoms with Crippen molar-refractivity contribution in [2.24, 2.45) is 5.41 Å². The number of nitrogens with zero attached hydrogens (tertiary/aromatic N) is 1. The van der Waals surface area contributed by atoms with Gasteiger partial charge in [0.2, 0.25) is 5.91 Å². The summed E-state index contributed by atoms with van der Waals surface area (Å²) in [6.07, 6.45) is 2.38. The molecule has 1 aromatic carbocycles. The number of aryl methyl sites for hydroxylation is 1. The zero-order valence-electron chi connectivity index (χ0n) is 13.9. The second-order valence-electron chi connectivity index (χ2n) is 7.01. The molecule has 6 heteroatoms. The quantitative estimate of drug-likeness (QED) is 0.788. The molecule has 3 N–H and O–H groups in total. The number of carbonyl (C=O) groups excluding carboxylic acids is 1. The maximum Gasteiger partial charge on any atom is 0.231 e. The second-order valence-corrected chi connectivity index (χ2v) is 7.90. The van der Waals surface area contributed by atoms with Crippen LogP contribution in [0.15, 0.2) is 29.6 Å². The Balaban J connectivity index is 1.60. The molecule has 1 aliphatic rings. The monoisotopic (exact) mass is 347 g/mol. The molecule has 1 heterocycles. The van der Waals surface area contributed by atoms with Crippen molar-refractivity contribution in [3.8, 4) is 0 Å². The molecule has 1 atom stereocenters. The molecule has 0 radical (unpaired) electrons. The van der Waals surface area contributed by atoms with Crippen molar-refractivity contribution in [1.82, 2.24) is 10.3 Å². The van der Waals surface area contributed by atoms with Crippen LogP contribution in [-0.4, -0.2) is 17.4 Å². The largest absolute Gasteiger partial charge is 0.375 e. The lowest BCUT2D eigenvalue weighted by atomic mass is 9.87. The molecular weight excluding hydrogens is 325 g/mol. The van der Waals surface area contributed by atoms with Crippen LogP contribution in [0.2, 0.25) is 0 Å². The van der Waals surface area contributed by atoms with Gasteiger partial charge >= 0.3 is 0 Å². The highest BCUT2D eigenvalue weighted by Gasteiger charge is 2.66. The van der Waals surface area contributed by atoms with Crippen LogP contribution in [0, 0.1) is 11.2 Å². The first-order chi connectivity index (χ1) is 11.3. The van der Waals surface area contributed by atoms with Gasteiger partial charge in [0, 0.05) is 11.9 Å². The van der Waals surface area contributed by atoms with Crippen molar-refractivity contribution >= 4 is 22.4 Å². The average Bonchev–Trinajstić information content (AvgIpc) is 2.89. The summed E-state index contributed by atoms with van der Waals surface area (Å²) in [5, 5.41) is 5.56. The first-order valence-electron chi connectivity index (χ1n) is 8.09. The first kappa shape index (κ1) is 16.9. The van der Waals surface area contributed by atoms with Crippen LogP contribution in [0.1, 0.15) is 37.9 Å². The lowest BCUT2D eigenvalue weighted by Gasteiger charge is -2.20. The van der Waals surface area contributed by atoms with E-state index in [1.165, 1.54) is 23.5 Å². The smallest absolute Gasteiger partial charge is 0.231 e. The molecule has 128 valence electrons. The molecule has 24 heavy (non-hydrogen) atoms. The Labute approximate surface area is 145 Å². The second kappa shape index (κ2) is 6.16. The van der Waals surface area contributed by atoms with Crippen LogP contribution in [-0.2, 0) is 16.6 Å². The van der Waals surface area contributed by atoms with E-state index in [2.05, 4.69) is 24.1 Å². The minimum absolute atomic E-state index is 0.0249. The first-order valence-corrected chi connectivity index (χ1v) is 8.97. The normalized spacial score (nSPS) is 21.5. The van der Waals surface area contributed by atoms with E-state index in [-0.39, 0.29) is 17.1 Å². The molecule has 0 aliphatic heterocycles. The number of nitrogens with one attached hydrogen (secondary N) is 1. The van der Waals surface area contributed by atoms with E-state index in [9.17, 15) is 9.18 Å². The van der Waals surface area contributed by atoms with E-state index < -0.39 is 5.41 Å². The lowest BCUT2D eigenvalue weighted by Crippen LogP contribution is -2.38. The predicted octanol–water partition coefficient (Wildman–Crippen LogP) is 3.28. The van der Waals surface area contributed by atoms with Gasteiger partial charge in [-0.2, -0.15) is 0 Å². The number of amides is 1. The number of nitrogens with two attached hydrogens (primary N) is 1. The molecule has 3 rings (SSSR count). The number of anilines is 1. The number of thiazole rings is 1. The molecule has 0 spiro atoms. The van der Waals surface area contributed by atoms with Gasteiger partial charge in [-0.15, -0.1) is 11.3 Å². The Morgan fingerprint density at radius 1 is 1.38 bits per heavy atom. The molecule has 1 aromatic heterocycles. The Hall–Kier alpha value is -1.95. The van der Waals surface area contributed by atoms with Gasteiger partial charge < -0.3 is 11.1 Å². The Morgan fingerprint density at radius 2 is 2.04 bits per heavy atom. The number of aromatic nitrogens is 1. The standard InChI is InChI=1S/C18H22FN3OS/c1-17(2)11-18(17,12-5-7-13(19)8-6-12)15(23)21-9-3-4-14-10-24-16(20)22-14/h5-8,10H,3-4,9,11H2,1-2H3,(H2,20,22)(H,21,23)/t18-/m0/s1. The van der Waals surface area contributed by atoms with Crippen LogP contribution in [0.25, 0.3) is 0 Å². The van der Waals surface area contributed by atoms with E-state index in [0.717, 1.165) is 30.5 Å². The van der Waals surface area contributed by atoms with Gasteiger partial charge in [-0.1, -0.05) is 26.0 Å². The van der Waals surface area contributed by atoms with Crippen LogP contribution in [0.4, 0.5) is 9.52 Å². The molecule has 1 aliphatic carbocycles. The highest BCUT2D eigenvalue weighted by atomic mass is 32.1. The highest BCUT2D eigenvalue weighted by Crippen LogP contribution is 2.64. The van der Waals surface area contributed by atoms with E-state index in [1.807, 2.05) is 5.38 Å². The molecule has 4 nitrogen and oxygen atoms in total. The number of halogens is 1. The van der Waals surface area contributed by atoms with Crippen molar-refractivity contribution in [3.05, 3.63) is 46.7 Å². The van der Waals surface area contributed by atoms with Gasteiger partial charge in [0.15, 0.2) is 5.13 Å². The fourth-order valence-electron chi connectivity index (χ4n) is 3.42. The minimum atomic E-state index is -0.550. The van der Waals surface area contributed by atoms with E-state index in [1.54, 1.807) is 12.1 Å². The number of carbonyl (C=O) groups is 1. The lowest BCUT2D eigenvalue weighted by molar-refractivity contribution is -0.124. The molecule has 1 saturated carbocycles. The van der Waals surface area contributed by atoms with Crippen LogP contribution < -0.4 is 11.1 Å². The van der Waals surface area contributed by atoms with Crippen LogP contribution in [0.3, 0.4) is 0 Å². The summed E-state index contributed by atoms with van der Waals surface area (Å²) < 4.78 is 13.2. The number of hydrogen-bond donors (Lipinski definition) is 2. The molecule has 1 fully saturated rings. The Kier molecular flexibility index (Phi) is 4.34. The van der Waals surface area contributed by atoms with Crippen LogP contribution in [0.5, 0.6) is 0 Å². The van der Waals surface area contributed by atoms with Crippen molar-refractivity contribution < 1.29 is 9.18 Å². The summed E-state index contributed by atoms with van der Waals surface area (Å²) in [7, 11) is 0. The third-order valence-corrected chi connectivity index (χ3v) is 5.65. The summed E-state index contributed by atoms with van der Waals surface area (Å²) in [5.74, 6) is -0.257. The summed E-state index contributed by atoms with van der Waals surface area (Å²) in [4.78, 5) is 17.0. The summed E-state index contributed by atoms with van der Waals surface area (Å²) in [5.41, 5.74) is 6.80. The van der Waals surface area contributed by atoms with Crippen molar-refractivity contribution in [2.45, 2.75) is 38.5 Å². The molecule has 0 unspecified atom stereocenters. The van der Waals surface area contributed by atoms with Crippen molar-refractivity contribution in [2.75, 3.05) is 12.3 Å². The topological polar surface area (TPSA) is 68.0 Å². The number of rotatable bonds is 6. The average molecular weight is 347 g/mol. The highest BCUT2D eigenvalue weighted by molar-refractivity contribution is 7.13. The van der Waals surface area contributed by atoms with E-state index in [0.29, 0.717) is 11.7 Å². The third kappa shape index (κ3) is 3.02. The molecular formula is C18H22FN3OS. The number of benzene rings is 1. The van der Waals surface area contributed by atoms with Gasteiger partial charge in [-0.25, -0.2) is 9.37 Å². The summed E-state index contributed by atoms with van der Waals surface area (Å²) >= 11 is 1.43. The van der Waals surface area contributed by atoms with Crippen LogP contribution >= 0.6 is 11.3 Å². The number of hydrogen-bond acceptors (Lipinski definition) is 4. The van der Waals surface area contributed by atoms with Gasteiger partial charge in [0.1, 0.15) is 5.82 Å². The summed E-state index contributed by atoms with van der Waals surface area (Å²) in [6, 6.07) is 6.29. The Bertz CT molecular complexity index is 741. The SMILES string of the molecule is CC1(C)C[C@@]1(C(=O)NCCCc1csc(N)n1)c1ccc(F)cc1. The number of nitrogen functional groups attached to an aromatic ring is 1. The molecule has 0 bridgehead atoms. The van der Waals surface area contributed by atoms with Gasteiger partial charge in [0.05, 0.1) is 11.1 Å². The van der Waals surface area contributed by atoms with E-state index in [4.69, 9.17) is 5.73 Å². The molecule has 1 amide bonds.